The van der Waals surface area contributed by atoms with Gasteiger partial charge < -0.3 is 19.7 Å². The molecule has 7 heteroatoms. The van der Waals surface area contributed by atoms with Crippen LogP contribution in [0.4, 0.5) is 4.39 Å². The van der Waals surface area contributed by atoms with Crippen molar-refractivity contribution in [1.29, 1.82) is 0 Å². The first-order chi connectivity index (χ1) is 12.5. The van der Waals surface area contributed by atoms with Crippen LogP contribution in [0.15, 0.2) is 47.4 Å². The van der Waals surface area contributed by atoms with E-state index in [4.69, 9.17) is 4.74 Å². The fraction of sp³-hybridized carbons (Fsp3) is 0.368. The quantitative estimate of drug-likeness (QED) is 0.847. The van der Waals surface area contributed by atoms with Crippen LogP contribution < -0.4 is 5.56 Å². The fourth-order valence-electron chi connectivity index (χ4n) is 3.90. The van der Waals surface area contributed by atoms with Crippen LogP contribution in [0.1, 0.15) is 28.3 Å². The third-order valence-corrected chi connectivity index (χ3v) is 5.25. The van der Waals surface area contributed by atoms with E-state index in [0.29, 0.717) is 13.0 Å². The lowest BCUT2D eigenvalue weighted by Gasteiger charge is -2.26. The van der Waals surface area contributed by atoms with E-state index in [9.17, 15) is 19.1 Å². The summed E-state index contributed by atoms with van der Waals surface area (Å²) in [6, 6.07) is 9.14. The molecule has 1 aromatic heterocycles. The molecule has 0 aliphatic carbocycles. The SMILES string of the molecule is O=C(c1cc[nH]c(=O)c1)N1C[C@@H](O)[C@@]2(C[C@H](c3cccc(F)c3)CO2)C1. The van der Waals surface area contributed by atoms with Crippen LogP contribution in [0.3, 0.4) is 0 Å². The van der Waals surface area contributed by atoms with Gasteiger partial charge in [0.1, 0.15) is 17.5 Å². The summed E-state index contributed by atoms with van der Waals surface area (Å²) in [6.45, 7) is 0.751. The zero-order valence-electron chi connectivity index (χ0n) is 14.0. The molecule has 136 valence electrons. The number of aromatic nitrogens is 1. The number of H-pyrrole nitrogens is 1. The Morgan fingerprint density at radius 2 is 2.19 bits per heavy atom. The molecule has 0 radical (unpaired) electrons. The van der Waals surface area contributed by atoms with Gasteiger partial charge in [0.2, 0.25) is 5.56 Å². The first-order valence-corrected chi connectivity index (χ1v) is 8.52. The van der Waals surface area contributed by atoms with Crippen molar-refractivity contribution in [2.24, 2.45) is 0 Å². The smallest absolute Gasteiger partial charge is 0.254 e. The zero-order valence-corrected chi connectivity index (χ0v) is 14.0. The summed E-state index contributed by atoms with van der Waals surface area (Å²) >= 11 is 0. The van der Waals surface area contributed by atoms with Crippen molar-refractivity contribution < 1.29 is 19.0 Å². The molecule has 2 aliphatic heterocycles. The van der Waals surface area contributed by atoms with Gasteiger partial charge >= 0.3 is 0 Å². The number of carbonyl (C=O) groups is 1. The number of ether oxygens (including phenoxy) is 1. The predicted molar refractivity (Wildman–Crippen MR) is 91.4 cm³/mol. The van der Waals surface area contributed by atoms with Crippen LogP contribution in [0.2, 0.25) is 0 Å². The molecule has 1 aromatic carbocycles. The maximum atomic E-state index is 13.5. The zero-order chi connectivity index (χ0) is 18.3. The largest absolute Gasteiger partial charge is 0.388 e. The first-order valence-electron chi connectivity index (χ1n) is 8.52. The van der Waals surface area contributed by atoms with Gasteiger partial charge in [-0.15, -0.1) is 0 Å². The standard InChI is InChI=1S/C19H19FN2O4/c20-15-3-1-2-12(6-15)14-8-19(26-10-14)11-22(9-16(19)23)18(25)13-4-5-21-17(24)7-13/h1-7,14,16,23H,8-11H2,(H,21,24)/t14-,16+,19+/m0/s1. The monoisotopic (exact) mass is 358 g/mol. The van der Waals surface area contributed by atoms with Gasteiger partial charge in [-0.2, -0.15) is 0 Å². The highest BCUT2D eigenvalue weighted by molar-refractivity contribution is 5.94. The van der Waals surface area contributed by atoms with Crippen LogP contribution >= 0.6 is 0 Å². The van der Waals surface area contributed by atoms with E-state index in [-0.39, 0.29) is 41.9 Å². The normalized spacial score (nSPS) is 28.0. The molecule has 2 aliphatic rings. The molecule has 4 rings (SSSR count). The van der Waals surface area contributed by atoms with Crippen LogP contribution in [-0.4, -0.2) is 52.3 Å². The molecule has 3 atom stereocenters. The van der Waals surface area contributed by atoms with Gasteiger partial charge in [0.05, 0.1) is 13.2 Å². The third-order valence-electron chi connectivity index (χ3n) is 5.25. The average molecular weight is 358 g/mol. The second kappa shape index (κ2) is 6.34. The van der Waals surface area contributed by atoms with Crippen molar-refractivity contribution in [3.8, 4) is 0 Å². The number of nitrogens with one attached hydrogen (secondary N) is 1. The molecule has 1 spiro atoms. The van der Waals surface area contributed by atoms with E-state index in [1.54, 1.807) is 6.07 Å². The summed E-state index contributed by atoms with van der Waals surface area (Å²) in [6.07, 6.45) is 1.10. The number of aliphatic hydroxyl groups excluding tert-OH is 1. The Morgan fingerprint density at radius 3 is 2.96 bits per heavy atom. The third kappa shape index (κ3) is 2.93. The van der Waals surface area contributed by atoms with Gasteiger partial charge in [-0.1, -0.05) is 12.1 Å². The van der Waals surface area contributed by atoms with Crippen molar-refractivity contribution in [3.63, 3.8) is 0 Å². The second-order valence-corrected chi connectivity index (χ2v) is 6.97. The Morgan fingerprint density at radius 1 is 1.35 bits per heavy atom. The van der Waals surface area contributed by atoms with Crippen LogP contribution in [0.5, 0.6) is 0 Å². The van der Waals surface area contributed by atoms with E-state index in [2.05, 4.69) is 4.98 Å². The lowest BCUT2D eigenvalue weighted by Crippen LogP contribution is -2.41. The summed E-state index contributed by atoms with van der Waals surface area (Å²) in [5, 5.41) is 10.6. The molecule has 2 aromatic rings. The minimum Gasteiger partial charge on any atom is -0.388 e. The van der Waals surface area contributed by atoms with Crippen molar-refractivity contribution >= 4 is 5.91 Å². The number of hydrogen-bond acceptors (Lipinski definition) is 4. The van der Waals surface area contributed by atoms with Gasteiger partial charge in [0, 0.05) is 30.3 Å². The van der Waals surface area contributed by atoms with E-state index in [1.165, 1.54) is 35.4 Å². The molecular weight excluding hydrogens is 339 g/mol. The molecule has 0 saturated carbocycles. The number of rotatable bonds is 2. The molecule has 2 saturated heterocycles. The number of halogens is 1. The molecule has 26 heavy (non-hydrogen) atoms. The number of benzene rings is 1. The Balaban J connectivity index is 1.52. The van der Waals surface area contributed by atoms with E-state index < -0.39 is 11.7 Å². The number of β-amino-alcohol motifs (C(OH)–C–C–N with tert-alkyl or cyclic N) is 1. The number of amides is 1. The number of pyridine rings is 1. The highest BCUT2D eigenvalue weighted by atomic mass is 19.1. The van der Waals surface area contributed by atoms with Crippen molar-refractivity contribution in [2.45, 2.75) is 24.0 Å². The van der Waals surface area contributed by atoms with Crippen LogP contribution in [0.25, 0.3) is 0 Å². The predicted octanol–water partition coefficient (Wildman–Crippen LogP) is 1.27. The Labute approximate surface area is 149 Å². The highest BCUT2D eigenvalue weighted by Gasteiger charge is 2.53. The van der Waals surface area contributed by atoms with Gasteiger partial charge in [-0.25, -0.2) is 4.39 Å². The van der Waals surface area contributed by atoms with Gasteiger partial charge in [0.15, 0.2) is 0 Å². The fourth-order valence-corrected chi connectivity index (χ4v) is 3.90. The highest BCUT2D eigenvalue weighted by Crippen LogP contribution is 2.42. The molecule has 1 amide bonds. The topological polar surface area (TPSA) is 82.6 Å². The summed E-state index contributed by atoms with van der Waals surface area (Å²) in [5.74, 6) is -0.652. The summed E-state index contributed by atoms with van der Waals surface area (Å²) < 4.78 is 19.4. The number of nitrogens with zero attached hydrogens (tertiary/aromatic N) is 1. The molecule has 3 heterocycles. The van der Waals surface area contributed by atoms with Gasteiger partial charge in [-0.05, 0) is 30.2 Å². The lowest BCUT2D eigenvalue weighted by molar-refractivity contribution is -0.0591. The van der Waals surface area contributed by atoms with Gasteiger partial charge in [0.25, 0.3) is 5.91 Å². The number of aromatic amines is 1. The van der Waals surface area contributed by atoms with E-state index in [1.807, 2.05) is 6.07 Å². The Bertz CT molecular complexity index is 899. The summed E-state index contributed by atoms with van der Waals surface area (Å²) in [7, 11) is 0. The van der Waals surface area contributed by atoms with E-state index in [0.717, 1.165) is 5.56 Å². The van der Waals surface area contributed by atoms with E-state index >= 15 is 0 Å². The number of carbonyl (C=O) groups excluding carboxylic acids is 1. The molecule has 0 bridgehead atoms. The number of hydrogen-bond donors (Lipinski definition) is 2. The minimum absolute atomic E-state index is 0.0324. The molecule has 2 fully saturated rings. The summed E-state index contributed by atoms with van der Waals surface area (Å²) in [4.78, 5) is 28.0. The minimum atomic E-state index is -0.853. The molecular formula is C19H19FN2O4. The van der Waals surface area contributed by atoms with Crippen molar-refractivity contribution in [2.75, 3.05) is 19.7 Å². The molecule has 6 nitrogen and oxygen atoms in total. The first kappa shape index (κ1) is 16.9. The Kier molecular flexibility index (Phi) is 4.13. The lowest BCUT2D eigenvalue weighted by atomic mass is 9.87. The van der Waals surface area contributed by atoms with Crippen molar-refractivity contribution in [1.82, 2.24) is 9.88 Å². The number of aliphatic hydroxyl groups is 1. The average Bonchev–Trinajstić information content (AvgIpc) is 3.19. The number of likely N-dealkylation sites (tertiary alicyclic amines) is 1. The van der Waals surface area contributed by atoms with Crippen LogP contribution in [0, 0.1) is 5.82 Å². The second-order valence-electron chi connectivity index (χ2n) is 6.97. The van der Waals surface area contributed by atoms with Crippen LogP contribution in [-0.2, 0) is 4.74 Å². The van der Waals surface area contributed by atoms with Crippen molar-refractivity contribution in [3.05, 3.63) is 69.9 Å². The maximum Gasteiger partial charge on any atom is 0.254 e. The Hall–Kier alpha value is -2.51. The summed E-state index contributed by atoms with van der Waals surface area (Å²) in [5.41, 5.74) is -0.104. The van der Waals surface area contributed by atoms with Gasteiger partial charge in [-0.3, -0.25) is 9.59 Å². The maximum absolute atomic E-state index is 13.5. The molecule has 2 N–H and O–H groups in total. The molecule has 0 unspecified atom stereocenters.